The third kappa shape index (κ3) is 1.21. The number of carbonyl (C=O) groups excluding carboxylic acids is 1. The molecule has 1 fully saturated rings. The molecule has 0 aromatic heterocycles. The van der Waals surface area contributed by atoms with Crippen molar-refractivity contribution in [1.29, 1.82) is 0 Å². The minimum absolute atomic E-state index is 0.0231. The third-order valence-electron chi connectivity index (χ3n) is 1.83. The molecule has 0 aliphatic carbocycles. The Morgan fingerprint density at radius 2 is 2.44 bits per heavy atom. The summed E-state index contributed by atoms with van der Waals surface area (Å²) in [5.74, 6) is -0.211. The second kappa shape index (κ2) is 2.35. The van der Waals surface area contributed by atoms with E-state index in [1.165, 1.54) is 0 Å². The molecule has 1 rings (SSSR count). The van der Waals surface area contributed by atoms with Crippen molar-refractivity contribution in [2.24, 2.45) is 5.73 Å². The summed E-state index contributed by atoms with van der Waals surface area (Å²) < 4.78 is 0. The van der Waals surface area contributed by atoms with E-state index in [4.69, 9.17) is 5.73 Å². The number of hydrogen-bond acceptors (Lipinski definition) is 1. The Hall–Kier alpha value is -0.570. The molecular formula is C6H12N2O. The predicted octanol–water partition coefficient (Wildman–Crippen LogP) is -1.69. The number of hydrogen-bond donors (Lipinski definition) is 2. The standard InChI is InChI=1S/C6H12N2O/c1-8-4-2-3-5(8)6(7)9/h5,8H,1-4H2,(H2,7,9)/t5-/m0/s1. The summed E-state index contributed by atoms with van der Waals surface area (Å²) in [6.07, 6.45) is 1.99. The molecule has 0 aromatic carbocycles. The highest BCUT2D eigenvalue weighted by Crippen LogP contribution is 1.97. The van der Waals surface area contributed by atoms with Crippen LogP contribution in [-0.2, 0) is 4.79 Å². The van der Waals surface area contributed by atoms with Crippen LogP contribution in [-0.4, -0.2) is 18.5 Å². The summed E-state index contributed by atoms with van der Waals surface area (Å²) in [4.78, 5) is 11.6. The number of nitrogens with two attached hydrogens (primary N) is 1. The van der Waals surface area contributed by atoms with Crippen LogP contribution >= 0.6 is 0 Å². The molecule has 1 saturated heterocycles. The lowest BCUT2D eigenvalue weighted by Gasteiger charge is -2.19. The van der Waals surface area contributed by atoms with Crippen LogP contribution in [0.25, 0.3) is 0 Å². The first-order valence-corrected chi connectivity index (χ1v) is 3.19. The quantitative estimate of drug-likeness (QED) is 0.407. The Balaban J connectivity index is 2.49. The third-order valence-corrected chi connectivity index (χ3v) is 1.83. The second-order valence-electron chi connectivity index (χ2n) is 2.51. The van der Waals surface area contributed by atoms with Gasteiger partial charge in [-0.15, -0.1) is 0 Å². The highest BCUT2D eigenvalue weighted by molar-refractivity contribution is 5.78. The van der Waals surface area contributed by atoms with E-state index in [-0.39, 0.29) is 11.9 Å². The van der Waals surface area contributed by atoms with Crippen molar-refractivity contribution in [3.8, 4) is 0 Å². The first kappa shape index (κ1) is 6.55. The number of quaternary nitrogens is 1. The number of likely N-dealkylation sites (tertiary alicyclic amines) is 1. The minimum Gasteiger partial charge on any atom is -0.458 e. The van der Waals surface area contributed by atoms with Gasteiger partial charge in [0, 0.05) is 12.8 Å². The van der Waals surface area contributed by atoms with E-state index in [0.29, 0.717) is 0 Å². The van der Waals surface area contributed by atoms with Crippen molar-refractivity contribution in [3.63, 3.8) is 0 Å². The Labute approximate surface area is 54.8 Å². The number of rotatable bonds is 1. The maximum atomic E-state index is 10.6. The van der Waals surface area contributed by atoms with Gasteiger partial charge in [0.2, 0.25) is 0 Å². The van der Waals surface area contributed by atoms with Crippen molar-refractivity contribution in [3.05, 3.63) is 7.05 Å². The molecule has 1 aliphatic heterocycles. The molecule has 3 nitrogen and oxygen atoms in total. The van der Waals surface area contributed by atoms with Crippen LogP contribution in [0, 0.1) is 7.05 Å². The van der Waals surface area contributed by atoms with Crippen molar-refractivity contribution >= 4 is 5.91 Å². The molecule has 9 heavy (non-hydrogen) atoms. The van der Waals surface area contributed by atoms with Crippen molar-refractivity contribution < 1.29 is 9.69 Å². The Kier molecular flexibility index (Phi) is 1.71. The number of nitrogens with one attached hydrogen (secondary N) is 1. The predicted molar refractivity (Wildman–Crippen MR) is 33.4 cm³/mol. The van der Waals surface area contributed by atoms with Crippen LogP contribution in [0.1, 0.15) is 12.8 Å². The molecule has 0 aromatic rings. The van der Waals surface area contributed by atoms with Gasteiger partial charge in [-0.2, -0.15) is 7.05 Å². The largest absolute Gasteiger partial charge is 0.458 e. The van der Waals surface area contributed by atoms with Crippen LogP contribution in [0.2, 0.25) is 0 Å². The van der Waals surface area contributed by atoms with E-state index in [9.17, 15) is 4.79 Å². The molecule has 3 N–H and O–H groups in total. The Morgan fingerprint density at radius 3 is 2.67 bits per heavy atom. The van der Waals surface area contributed by atoms with E-state index in [0.717, 1.165) is 24.3 Å². The average Bonchev–Trinajstić information content (AvgIpc) is 2.13. The summed E-state index contributed by atoms with van der Waals surface area (Å²) in [6, 6.07) is -0.0231. The zero-order chi connectivity index (χ0) is 6.85. The fourth-order valence-electron chi connectivity index (χ4n) is 1.26. The maximum Gasteiger partial charge on any atom is 0.273 e. The molecule has 52 valence electrons. The number of amides is 1. The van der Waals surface area contributed by atoms with Gasteiger partial charge in [-0.25, -0.2) is 0 Å². The van der Waals surface area contributed by atoms with Gasteiger partial charge < -0.3 is 10.6 Å². The van der Waals surface area contributed by atoms with Gasteiger partial charge in [0.15, 0.2) is 0 Å². The molecule has 2 atom stereocenters. The van der Waals surface area contributed by atoms with Gasteiger partial charge in [0.25, 0.3) is 5.91 Å². The molecule has 3 heteroatoms. The van der Waals surface area contributed by atoms with E-state index < -0.39 is 0 Å². The highest BCUT2D eigenvalue weighted by Gasteiger charge is 2.25. The number of primary amides is 1. The van der Waals surface area contributed by atoms with Crippen LogP contribution in [0.15, 0.2) is 0 Å². The summed E-state index contributed by atoms with van der Waals surface area (Å²) in [7, 11) is 3.76. The van der Waals surface area contributed by atoms with Gasteiger partial charge in [0.05, 0.1) is 6.54 Å². The Morgan fingerprint density at radius 1 is 1.78 bits per heavy atom. The zero-order valence-electron chi connectivity index (χ0n) is 5.39. The van der Waals surface area contributed by atoms with Crippen molar-refractivity contribution in [1.82, 2.24) is 0 Å². The lowest BCUT2D eigenvalue weighted by atomic mass is 10.2. The van der Waals surface area contributed by atoms with Crippen molar-refractivity contribution in [2.75, 3.05) is 6.54 Å². The first-order chi connectivity index (χ1) is 4.22. The van der Waals surface area contributed by atoms with E-state index >= 15 is 0 Å². The molecule has 1 unspecified atom stereocenters. The van der Waals surface area contributed by atoms with Crippen LogP contribution in [0.3, 0.4) is 0 Å². The summed E-state index contributed by atoms with van der Waals surface area (Å²) in [6.45, 7) is 0.980. The van der Waals surface area contributed by atoms with E-state index in [1.54, 1.807) is 0 Å². The van der Waals surface area contributed by atoms with Gasteiger partial charge in [-0.3, -0.25) is 4.79 Å². The van der Waals surface area contributed by atoms with Crippen LogP contribution < -0.4 is 10.6 Å². The smallest absolute Gasteiger partial charge is 0.273 e. The minimum atomic E-state index is -0.211. The number of carbonyl (C=O) groups is 1. The summed E-state index contributed by atoms with van der Waals surface area (Å²) in [5, 5.41) is 0. The molecule has 0 bridgehead atoms. The van der Waals surface area contributed by atoms with Crippen LogP contribution in [0.5, 0.6) is 0 Å². The second-order valence-corrected chi connectivity index (χ2v) is 2.51. The van der Waals surface area contributed by atoms with Gasteiger partial charge in [0.1, 0.15) is 6.04 Å². The van der Waals surface area contributed by atoms with Gasteiger partial charge >= 0.3 is 0 Å². The van der Waals surface area contributed by atoms with E-state index in [1.807, 2.05) is 0 Å². The lowest BCUT2D eigenvalue weighted by Crippen LogP contribution is -3.10. The topological polar surface area (TPSA) is 47.5 Å². The molecule has 0 spiro atoms. The van der Waals surface area contributed by atoms with Crippen LogP contribution in [0.4, 0.5) is 0 Å². The summed E-state index contributed by atoms with van der Waals surface area (Å²) in [5.41, 5.74) is 5.09. The monoisotopic (exact) mass is 128 g/mol. The SMILES string of the molecule is [CH2-][NH+]1CCC[C@H]1C(N)=O. The van der Waals surface area contributed by atoms with E-state index in [2.05, 4.69) is 7.05 Å². The fraction of sp³-hybridized carbons (Fsp3) is 0.667. The molecular weight excluding hydrogens is 116 g/mol. The summed E-state index contributed by atoms with van der Waals surface area (Å²) >= 11 is 0. The molecule has 0 saturated carbocycles. The Bertz CT molecular complexity index is 124. The van der Waals surface area contributed by atoms with Crippen molar-refractivity contribution in [2.45, 2.75) is 18.9 Å². The zero-order valence-corrected chi connectivity index (χ0v) is 5.39. The fourth-order valence-corrected chi connectivity index (χ4v) is 1.26. The van der Waals surface area contributed by atoms with Gasteiger partial charge in [-0.1, -0.05) is 0 Å². The normalized spacial score (nSPS) is 34.8. The molecule has 1 aliphatic rings. The molecule has 1 amide bonds. The average molecular weight is 128 g/mol. The highest BCUT2D eigenvalue weighted by atomic mass is 16.1. The maximum absolute atomic E-state index is 10.6. The lowest BCUT2D eigenvalue weighted by molar-refractivity contribution is -0.856. The molecule has 0 radical (unpaired) electrons. The first-order valence-electron chi connectivity index (χ1n) is 3.19. The van der Waals surface area contributed by atoms with Gasteiger partial charge in [-0.05, 0) is 0 Å². The molecule has 1 heterocycles.